The van der Waals surface area contributed by atoms with E-state index in [2.05, 4.69) is 6.07 Å². The zero-order chi connectivity index (χ0) is 15.2. The summed E-state index contributed by atoms with van der Waals surface area (Å²) >= 11 is 0. The van der Waals surface area contributed by atoms with Gasteiger partial charge in [0.15, 0.2) is 0 Å². The van der Waals surface area contributed by atoms with E-state index < -0.39 is 0 Å². The highest BCUT2D eigenvalue weighted by Crippen LogP contribution is 2.20. The number of hydrogen-bond acceptors (Lipinski definition) is 4. The number of nitriles is 1. The predicted octanol–water partition coefficient (Wildman–Crippen LogP) is 2.73. The molecule has 0 bridgehead atoms. The highest BCUT2D eigenvalue weighted by atomic mass is 16.3. The minimum absolute atomic E-state index is 0.183. The molecule has 0 saturated carbocycles. The Morgan fingerprint density at radius 2 is 2.19 bits per heavy atom. The molecule has 21 heavy (non-hydrogen) atoms. The molecule has 0 spiro atoms. The van der Waals surface area contributed by atoms with Crippen LogP contribution in [0.15, 0.2) is 41.0 Å². The number of anilines is 1. The van der Waals surface area contributed by atoms with Crippen molar-refractivity contribution in [1.29, 1.82) is 5.26 Å². The maximum Gasteiger partial charge on any atom is 0.256 e. The van der Waals surface area contributed by atoms with Gasteiger partial charge >= 0.3 is 0 Å². The second-order valence-electron chi connectivity index (χ2n) is 4.75. The van der Waals surface area contributed by atoms with E-state index in [9.17, 15) is 4.79 Å². The number of nitrogen functional groups attached to an aromatic ring is 1. The molecule has 0 saturated heterocycles. The van der Waals surface area contributed by atoms with Crippen LogP contribution < -0.4 is 5.73 Å². The van der Waals surface area contributed by atoms with E-state index in [0.29, 0.717) is 30.1 Å². The van der Waals surface area contributed by atoms with Gasteiger partial charge in [-0.1, -0.05) is 12.1 Å². The van der Waals surface area contributed by atoms with E-state index in [1.54, 1.807) is 29.4 Å². The van der Waals surface area contributed by atoms with E-state index in [1.807, 2.05) is 19.1 Å². The van der Waals surface area contributed by atoms with Crippen LogP contribution in [0.3, 0.4) is 0 Å². The molecule has 0 unspecified atom stereocenters. The minimum atomic E-state index is -0.183. The number of nitrogens with zero attached hydrogens (tertiary/aromatic N) is 2. The highest BCUT2D eigenvalue weighted by molar-refractivity contribution is 6.00. The zero-order valence-electron chi connectivity index (χ0n) is 11.9. The van der Waals surface area contributed by atoms with E-state index in [0.717, 1.165) is 5.56 Å². The number of carbonyl (C=O) groups excluding carboxylic acids is 1. The van der Waals surface area contributed by atoms with Gasteiger partial charge in [-0.25, -0.2) is 0 Å². The van der Waals surface area contributed by atoms with Crippen LogP contribution in [0.5, 0.6) is 0 Å². The first kappa shape index (κ1) is 14.7. The fourth-order valence-electron chi connectivity index (χ4n) is 2.17. The predicted molar refractivity (Wildman–Crippen MR) is 79.3 cm³/mol. The van der Waals surface area contributed by atoms with Crippen molar-refractivity contribution in [2.45, 2.75) is 19.9 Å². The molecule has 0 atom stereocenters. The SMILES string of the molecule is Cc1cccc(N)c1C(=O)N(CCC#N)Cc1ccco1. The lowest BCUT2D eigenvalue weighted by atomic mass is 10.1. The maximum atomic E-state index is 12.7. The van der Waals surface area contributed by atoms with E-state index in [4.69, 9.17) is 15.4 Å². The molecule has 0 aliphatic heterocycles. The van der Waals surface area contributed by atoms with Gasteiger partial charge in [0.1, 0.15) is 5.76 Å². The molecule has 5 nitrogen and oxygen atoms in total. The standard InChI is InChI=1S/C16H17N3O2/c1-12-5-2-7-14(18)15(12)16(20)19(9-4-8-17)11-13-6-3-10-21-13/h2-3,5-7,10H,4,9,11,18H2,1H3. The first-order valence-electron chi connectivity index (χ1n) is 6.67. The summed E-state index contributed by atoms with van der Waals surface area (Å²) in [5, 5.41) is 8.77. The lowest BCUT2D eigenvalue weighted by Gasteiger charge is -2.22. The molecule has 108 valence electrons. The second kappa shape index (κ2) is 6.62. The summed E-state index contributed by atoms with van der Waals surface area (Å²) < 4.78 is 5.28. The second-order valence-corrected chi connectivity index (χ2v) is 4.75. The summed E-state index contributed by atoms with van der Waals surface area (Å²) in [5.74, 6) is 0.491. The van der Waals surface area contributed by atoms with Crippen molar-refractivity contribution in [2.24, 2.45) is 0 Å². The number of carbonyl (C=O) groups is 1. The summed E-state index contributed by atoms with van der Waals surface area (Å²) in [6.07, 6.45) is 1.82. The lowest BCUT2D eigenvalue weighted by Crippen LogP contribution is -2.32. The monoisotopic (exact) mass is 283 g/mol. The Balaban J connectivity index is 2.27. The summed E-state index contributed by atoms with van der Waals surface area (Å²) in [4.78, 5) is 14.3. The Hall–Kier alpha value is -2.74. The van der Waals surface area contributed by atoms with Crippen LogP contribution in [0.1, 0.15) is 28.1 Å². The van der Waals surface area contributed by atoms with Gasteiger partial charge in [-0.15, -0.1) is 0 Å². The third-order valence-electron chi connectivity index (χ3n) is 3.23. The molecular weight excluding hydrogens is 266 g/mol. The minimum Gasteiger partial charge on any atom is -0.467 e. The van der Waals surface area contributed by atoms with Gasteiger partial charge in [0, 0.05) is 12.2 Å². The molecule has 1 heterocycles. The van der Waals surface area contributed by atoms with Crippen LogP contribution in [0, 0.1) is 18.3 Å². The van der Waals surface area contributed by atoms with Crippen LogP contribution in [-0.4, -0.2) is 17.4 Å². The Labute approximate surface area is 123 Å². The molecule has 1 aromatic heterocycles. The quantitative estimate of drug-likeness (QED) is 0.855. The normalized spacial score (nSPS) is 10.1. The number of nitrogens with two attached hydrogens (primary N) is 1. The highest BCUT2D eigenvalue weighted by Gasteiger charge is 2.20. The summed E-state index contributed by atoms with van der Waals surface area (Å²) in [7, 11) is 0. The fraction of sp³-hybridized carbons (Fsp3) is 0.250. The summed E-state index contributed by atoms with van der Waals surface area (Å²) in [6, 6.07) is 11.0. The molecule has 0 radical (unpaired) electrons. The lowest BCUT2D eigenvalue weighted by molar-refractivity contribution is 0.0735. The molecule has 1 aromatic carbocycles. The molecule has 5 heteroatoms. The maximum absolute atomic E-state index is 12.7. The summed E-state index contributed by atoms with van der Waals surface area (Å²) in [6.45, 7) is 2.50. The van der Waals surface area contributed by atoms with Gasteiger partial charge in [-0.3, -0.25) is 4.79 Å². The molecule has 0 aliphatic carbocycles. The number of furan rings is 1. The van der Waals surface area contributed by atoms with Crippen LogP contribution in [0.25, 0.3) is 0 Å². The van der Waals surface area contributed by atoms with Gasteiger partial charge in [-0.2, -0.15) is 5.26 Å². The third-order valence-corrected chi connectivity index (χ3v) is 3.23. The van der Waals surface area contributed by atoms with Gasteiger partial charge < -0.3 is 15.1 Å². The topological polar surface area (TPSA) is 83.3 Å². The smallest absolute Gasteiger partial charge is 0.256 e. The Morgan fingerprint density at radius 3 is 2.81 bits per heavy atom. The zero-order valence-corrected chi connectivity index (χ0v) is 11.9. The van der Waals surface area contributed by atoms with Gasteiger partial charge in [0.2, 0.25) is 0 Å². The van der Waals surface area contributed by atoms with Crippen molar-refractivity contribution in [2.75, 3.05) is 12.3 Å². The average molecular weight is 283 g/mol. The van der Waals surface area contributed by atoms with E-state index in [1.165, 1.54) is 0 Å². The molecule has 0 aliphatic rings. The molecule has 1 amide bonds. The number of benzene rings is 1. The number of hydrogen-bond donors (Lipinski definition) is 1. The van der Waals surface area contributed by atoms with Crippen molar-refractivity contribution < 1.29 is 9.21 Å². The first-order chi connectivity index (χ1) is 10.1. The van der Waals surface area contributed by atoms with Crippen molar-refractivity contribution >= 4 is 11.6 Å². The van der Waals surface area contributed by atoms with Crippen molar-refractivity contribution in [3.05, 3.63) is 53.5 Å². The van der Waals surface area contributed by atoms with Crippen LogP contribution in [0.2, 0.25) is 0 Å². The van der Waals surface area contributed by atoms with Gasteiger partial charge in [0.05, 0.1) is 30.9 Å². The fourth-order valence-corrected chi connectivity index (χ4v) is 2.17. The van der Waals surface area contributed by atoms with E-state index in [-0.39, 0.29) is 12.3 Å². The van der Waals surface area contributed by atoms with Gasteiger partial charge in [0.25, 0.3) is 5.91 Å². The molecule has 0 fully saturated rings. The van der Waals surface area contributed by atoms with Crippen LogP contribution in [-0.2, 0) is 6.54 Å². The van der Waals surface area contributed by atoms with Crippen molar-refractivity contribution in [1.82, 2.24) is 4.90 Å². The number of rotatable bonds is 5. The third kappa shape index (κ3) is 3.42. The average Bonchev–Trinajstić information content (AvgIpc) is 2.96. The van der Waals surface area contributed by atoms with Gasteiger partial charge in [-0.05, 0) is 30.7 Å². The van der Waals surface area contributed by atoms with Crippen molar-refractivity contribution in [3.8, 4) is 6.07 Å². The van der Waals surface area contributed by atoms with Crippen molar-refractivity contribution in [3.63, 3.8) is 0 Å². The number of aryl methyl sites for hydroxylation is 1. The first-order valence-corrected chi connectivity index (χ1v) is 6.67. The summed E-state index contributed by atoms with van der Waals surface area (Å²) in [5.41, 5.74) is 7.68. The molecule has 2 rings (SSSR count). The Bertz CT molecular complexity index is 636. The largest absolute Gasteiger partial charge is 0.467 e. The Kier molecular flexibility index (Phi) is 4.62. The number of amides is 1. The molecular formula is C16H17N3O2. The van der Waals surface area contributed by atoms with Crippen LogP contribution >= 0.6 is 0 Å². The molecule has 2 aromatic rings. The van der Waals surface area contributed by atoms with Crippen LogP contribution in [0.4, 0.5) is 5.69 Å². The molecule has 2 N–H and O–H groups in total. The Morgan fingerprint density at radius 1 is 1.38 bits per heavy atom. The van der Waals surface area contributed by atoms with E-state index >= 15 is 0 Å².